The summed E-state index contributed by atoms with van der Waals surface area (Å²) in [6, 6.07) is 10.1. The van der Waals surface area contributed by atoms with Crippen LogP contribution in [0.4, 0.5) is 0 Å². The van der Waals surface area contributed by atoms with Crippen LogP contribution in [0.5, 0.6) is 11.5 Å². The molecule has 2 rings (SSSR count). The van der Waals surface area contributed by atoms with Gasteiger partial charge in [-0.15, -0.1) is 0 Å². The van der Waals surface area contributed by atoms with Crippen molar-refractivity contribution in [3.63, 3.8) is 0 Å². The van der Waals surface area contributed by atoms with Crippen molar-refractivity contribution in [2.24, 2.45) is 0 Å². The highest BCUT2D eigenvalue weighted by Crippen LogP contribution is 2.32. The number of ketones is 1. The first-order valence-corrected chi connectivity index (χ1v) is 6.95. The molecule has 0 amide bonds. The molecule has 2 nitrogen and oxygen atoms in total. The molecule has 0 aliphatic carbocycles. The molecule has 0 N–H and O–H groups in total. The maximum absolute atomic E-state index is 11.6. The first-order valence-electron chi connectivity index (χ1n) is 5.40. The zero-order valence-electron chi connectivity index (χ0n) is 9.91. The van der Waals surface area contributed by atoms with Crippen molar-refractivity contribution in [2.75, 3.05) is 0 Å². The predicted molar refractivity (Wildman–Crippen MR) is 80.7 cm³/mol. The molecule has 0 saturated carbocycles. The fraction of sp³-hybridized carbons (Fsp3) is 0.0714. The zero-order chi connectivity index (χ0) is 14.0. The first kappa shape index (κ1) is 14.4. The highest BCUT2D eigenvalue weighted by molar-refractivity contribution is 9.10. The van der Waals surface area contributed by atoms with E-state index in [4.69, 9.17) is 27.9 Å². The molecule has 2 aromatic rings. The number of carbonyl (C=O) groups excluding carboxylic acids is 1. The summed E-state index contributed by atoms with van der Waals surface area (Å²) in [5.74, 6) is 0.869. The van der Waals surface area contributed by atoms with Crippen LogP contribution < -0.4 is 4.74 Å². The lowest BCUT2D eigenvalue weighted by Crippen LogP contribution is -1.97. The quantitative estimate of drug-likeness (QED) is 0.652. The Kier molecular flexibility index (Phi) is 4.50. The molecule has 0 atom stereocenters. The predicted octanol–water partition coefficient (Wildman–Crippen LogP) is 5.75. The fourth-order valence-corrected chi connectivity index (χ4v) is 2.43. The van der Waals surface area contributed by atoms with Crippen molar-refractivity contribution in [3.05, 3.63) is 56.5 Å². The SMILES string of the molecule is CC(=O)c1ccc(Br)cc1Oc1cc(Cl)cc(Cl)c1. The minimum Gasteiger partial charge on any atom is -0.456 e. The van der Waals surface area contributed by atoms with E-state index in [0.29, 0.717) is 27.1 Å². The third kappa shape index (κ3) is 3.72. The van der Waals surface area contributed by atoms with Crippen LogP contribution in [-0.2, 0) is 0 Å². The van der Waals surface area contributed by atoms with Gasteiger partial charge >= 0.3 is 0 Å². The lowest BCUT2D eigenvalue weighted by atomic mass is 10.1. The monoisotopic (exact) mass is 358 g/mol. The van der Waals surface area contributed by atoms with Crippen molar-refractivity contribution in [1.82, 2.24) is 0 Å². The van der Waals surface area contributed by atoms with Gasteiger partial charge in [0.2, 0.25) is 0 Å². The second-order valence-electron chi connectivity index (χ2n) is 3.90. The number of carbonyl (C=O) groups is 1. The molecule has 2 aromatic carbocycles. The molecule has 0 aliphatic rings. The van der Waals surface area contributed by atoms with Crippen LogP contribution in [0.3, 0.4) is 0 Å². The number of halogens is 3. The number of Topliss-reactive ketones (excluding diaryl/α,β-unsaturated/α-hetero) is 1. The summed E-state index contributed by atoms with van der Waals surface area (Å²) in [5, 5.41) is 0.948. The number of hydrogen-bond acceptors (Lipinski definition) is 2. The van der Waals surface area contributed by atoms with Gasteiger partial charge in [-0.2, -0.15) is 0 Å². The Morgan fingerprint density at radius 3 is 2.32 bits per heavy atom. The molecule has 0 heterocycles. The fourth-order valence-electron chi connectivity index (χ4n) is 1.59. The smallest absolute Gasteiger partial charge is 0.163 e. The largest absolute Gasteiger partial charge is 0.456 e. The van der Waals surface area contributed by atoms with E-state index in [9.17, 15) is 4.79 Å². The molecule has 0 radical (unpaired) electrons. The van der Waals surface area contributed by atoms with Gasteiger partial charge in [-0.1, -0.05) is 39.1 Å². The van der Waals surface area contributed by atoms with Crippen molar-refractivity contribution >= 4 is 44.9 Å². The van der Waals surface area contributed by atoms with Crippen molar-refractivity contribution in [3.8, 4) is 11.5 Å². The normalized spacial score (nSPS) is 10.3. The van der Waals surface area contributed by atoms with E-state index in [-0.39, 0.29) is 5.78 Å². The van der Waals surface area contributed by atoms with Gasteiger partial charge in [0.1, 0.15) is 11.5 Å². The first-order chi connectivity index (χ1) is 8.95. The Balaban J connectivity index is 2.42. The molecule has 0 spiro atoms. The van der Waals surface area contributed by atoms with Crippen LogP contribution in [-0.4, -0.2) is 5.78 Å². The Hall–Kier alpha value is -1.03. The highest BCUT2D eigenvalue weighted by atomic mass is 79.9. The van der Waals surface area contributed by atoms with Gasteiger partial charge in [0.15, 0.2) is 5.78 Å². The Morgan fingerprint density at radius 1 is 1.11 bits per heavy atom. The molecule has 98 valence electrons. The van der Waals surface area contributed by atoms with Gasteiger partial charge in [-0.05, 0) is 43.3 Å². The zero-order valence-corrected chi connectivity index (χ0v) is 13.0. The van der Waals surface area contributed by atoms with Crippen LogP contribution in [0, 0.1) is 0 Å². The summed E-state index contributed by atoms with van der Waals surface area (Å²) in [4.78, 5) is 11.6. The standard InChI is InChI=1S/C14H9BrCl2O2/c1-8(18)13-3-2-9(15)4-14(13)19-12-6-10(16)5-11(17)7-12/h2-7H,1H3. The molecule has 19 heavy (non-hydrogen) atoms. The average molecular weight is 360 g/mol. The van der Waals surface area contributed by atoms with E-state index in [2.05, 4.69) is 15.9 Å². The number of rotatable bonds is 3. The minimum absolute atomic E-state index is 0.0735. The van der Waals surface area contributed by atoms with Gasteiger partial charge in [0.25, 0.3) is 0 Å². The lowest BCUT2D eigenvalue weighted by Gasteiger charge is -2.10. The molecule has 0 aliphatic heterocycles. The highest BCUT2D eigenvalue weighted by Gasteiger charge is 2.10. The Bertz CT molecular complexity index is 621. The maximum Gasteiger partial charge on any atom is 0.163 e. The topological polar surface area (TPSA) is 26.3 Å². The third-order valence-electron chi connectivity index (χ3n) is 2.39. The van der Waals surface area contributed by atoms with E-state index in [1.165, 1.54) is 6.92 Å². The van der Waals surface area contributed by atoms with Crippen molar-refractivity contribution < 1.29 is 9.53 Å². The van der Waals surface area contributed by atoms with E-state index in [1.807, 2.05) is 0 Å². The lowest BCUT2D eigenvalue weighted by molar-refractivity contribution is 0.101. The Morgan fingerprint density at radius 2 is 1.74 bits per heavy atom. The van der Waals surface area contributed by atoms with Gasteiger partial charge in [0.05, 0.1) is 5.56 Å². The van der Waals surface area contributed by atoms with E-state index in [0.717, 1.165) is 4.47 Å². The summed E-state index contributed by atoms with van der Waals surface area (Å²) in [5.41, 5.74) is 0.499. The van der Waals surface area contributed by atoms with Crippen molar-refractivity contribution in [2.45, 2.75) is 6.92 Å². The molecular weight excluding hydrogens is 351 g/mol. The number of ether oxygens (including phenoxy) is 1. The summed E-state index contributed by atoms with van der Waals surface area (Å²) in [6.07, 6.45) is 0. The maximum atomic E-state index is 11.6. The summed E-state index contributed by atoms with van der Waals surface area (Å²) in [7, 11) is 0. The minimum atomic E-state index is -0.0735. The number of benzene rings is 2. The van der Waals surface area contributed by atoms with Gasteiger partial charge < -0.3 is 4.74 Å². The summed E-state index contributed by atoms with van der Waals surface area (Å²) in [6.45, 7) is 1.49. The number of hydrogen-bond donors (Lipinski definition) is 0. The van der Waals surface area contributed by atoms with Crippen LogP contribution >= 0.6 is 39.1 Å². The molecule has 0 saturated heterocycles. The van der Waals surface area contributed by atoms with Gasteiger partial charge in [0, 0.05) is 14.5 Å². The molecular formula is C14H9BrCl2O2. The van der Waals surface area contributed by atoms with Gasteiger partial charge in [-0.25, -0.2) is 0 Å². The molecule has 0 bridgehead atoms. The third-order valence-corrected chi connectivity index (χ3v) is 3.32. The van der Waals surface area contributed by atoms with Crippen LogP contribution in [0.15, 0.2) is 40.9 Å². The molecule has 5 heteroatoms. The summed E-state index contributed by atoms with van der Waals surface area (Å²) >= 11 is 15.2. The van der Waals surface area contributed by atoms with E-state index >= 15 is 0 Å². The molecule has 0 fully saturated rings. The van der Waals surface area contributed by atoms with Crippen LogP contribution in [0.2, 0.25) is 10.0 Å². The summed E-state index contributed by atoms with van der Waals surface area (Å²) < 4.78 is 6.51. The molecule has 0 unspecified atom stereocenters. The Labute approximate surface area is 129 Å². The second-order valence-corrected chi connectivity index (χ2v) is 5.69. The van der Waals surface area contributed by atoms with Gasteiger partial charge in [-0.3, -0.25) is 4.79 Å². The molecule has 0 aromatic heterocycles. The second kappa shape index (κ2) is 5.95. The van der Waals surface area contributed by atoms with Crippen LogP contribution in [0.25, 0.3) is 0 Å². The van der Waals surface area contributed by atoms with E-state index in [1.54, 1.807) is 36.4 Å². The van der Waals surface area contributed by atoms with Crippen LogP contribution in [0.1, 0.15) is 17.3 Å². The van der Waals surface area contributed by atoms with E-state index < -0.39 is 0 Å². The average Bonchev–Trinajstić information content (AvgIpc) is 2.26. The van der Waals surface area contributed by atoms with Crippen molar-refractivity contribution in [1.29, 1.82) is 0 Å².